The van der Waals surface area contributed by atoms with Gasteiger partial charge in [0.1, 0.15) is 5.75 Å². The molecule has 1 fully saturated rings. The molecule has 1 unspecified atom stereocenters. The van der Waals surface area contributed by atoms with E-state index < -0.39 is 0 Å². The zero-order chi connectivity index (χ0) is 26.2. The summed E-state index contributed by atoms with van der Waals surface area (Å²) >= 11 is 0. The van der Waals surface area contributed by atoms with Crippen LogP contribution in [0, 0.1) is 5.92 Å². The topological polar surface area (TPSA) is 50.8 Å². The minimum absolute atomic E-state index is 0.122. The van der Waals surface area contributed by atoms with Gasteiger partial charge in [-0.1, -0.05) is 62.4 Å². The van der Waals surface area contributed by atoms with Gasteiger partial charge in [-0.15, -0.1) is 0 Å². The van der Waals surface area contributed by atoms with Crippen LogP contribution < -0.4 is 14.8 Å². The lowest BCUT2D eigenvalue weighted by Crippen LogP contribution is -2.45. The fraction of sp³-hybridized carbons (Fsp3) is 0.406. The molecule has 1 atom stereocenters. The summed E-state index contributed by atoms with van der Waals surface area (Å²) in [6.45, 7) is 9.24. The molecule has 0 spiro atoms. The molecular formula is C32H40N2O3. The van der Waals surface area contributed by atoms with E-state index in [0.717, 1.165) is 56.0 Å². The second-order valence-corrected chi connectivity index (χ2v) is 10.5. The lowest BCUT2D eigenvalue weighted by molar-refractivity contribution is -0.123. The predicted octanol–water partition coefficient (Wildman–Crippen LogP) is 6.57. The molecule has 1 N–H and O–H groups in total. The summed E-state index contributed by atoms with van der Waals surface area (Å²) in [5.41, 5.74) is 3.62. The molecule has 0 bridgehead atoms. The van der Waals surface area contributed by atoms with Crippen LogP contribution in [-0.4, -0.2) is 37.0 Å². The van der Waals surface area contributed by atoms with E-state index >= 15 is 0 Å². The lowest BCUT2D eigenvalue weighted by Gasteiger charge is -2.33. The third-order valence-electron chi connectivity index (χ3n) is 7.05. The summed E-state index contributed by atoms with van der Waals surface area (Å²) in [4.78, 5) is 15.4. The van der Waals surface area contributed by atoms with Crippen LogP contribution in [-0.2, 0) is 17.8 Å². The summed E-state index contributed by atoms with van der Waals surface area (Å²) in [7, 11) is 1.65. The Morgan fingerprint density at radius 2 is 1.62 bits per heavy atom. The van der Waals surface area contributed by atoms with E-state index in [-0.39, 0.29) is 17.9 Å². The Morgan fingerprint density at radius 3 is 2.30 bits per heavy atom. The molecule has 0 aromatic heterocycles. The zero-order valence-corrected chi connectivity index (χ0v) is 22.6. The number of piperidine rings is 1. The van der Waals surface area contributed by atoms with Crippen LogP contribution in [0.2, 0.25) is 0 Å². The van der Waals surface area contributed by atoms with Gasteiger partial charge in [0.25, 0.3) is 0 Å². The number of carbonyl (C=O) groups excluding carboxylic acids is 1. The molecule has 1 aliphatic heterocycles. The Bertz CT molecular complexity index is 1150. The number of nitrogens with zero attached hydrogens (tertiary/aromatic N) is 1. The van der Waals surface area contributed by atoms with Crippen LogP contribution in [0.1, 0.15) is 56.2 Å². The van der Waals surface area contributed by atoms with Gasteiger partial charge in [0.15, 0.2) is 11.5 Å². The fourth-order valence-corrected chi connectivity index (χ4v) is 4.92. The summed E-state index contributed by atoms with van der Waals surface area (Å²) < 4.78 is 11.5. The Balaban J connectivity index is 1.25. The molecule has 3 aromatic carbocycles. The number of amides is 1. The molecule has 1 saturated heterocycles. The highest BCUT2D eigenvalue weighted by Crippen LogP contribution is 2.31. The molecule has 0 radical (unpaired) electrons. The minimum atomic E-state index is -0.142. The van der Waals surface area contributed by atoms with Gasteiger partial charge >= 0.3 is 0 Å². The molecule has 4 rings (SSSR count). The molecule has 1 amide bonds. The minimum Gasteiger partial charge on any atom is -0.493 e. The van der Waals surface area contributed by atoms with Crippen LogP contribution >= 0.6 is 0 Å². The number of nitrogens with one attached hydrogen (secondary N) is 1. The number of rotatable bonds is 10. The highest BCUT2D eigenvalue weighted by atomic mass is 16.5. The van der Waals surface area contributed by atoms with E-state index in [0.29, 0.717) is 11.7 Å². The maximum atomic E-state index is 12.9. The summed E-state index contributed by atoms with van der Waals surface area (Å²) in [5.74, 6) is 2.84. The van der Waals surface area contributed by atoms with E-state index in [9.17, 15) is 4.79 Å². The van der Waals surface area contributed by atoms with Crippen LogP contribution in [0.4, 0.5) is 0 Å². The molecule has 1 aliphatic rings. The standard InChI is InChI=1S/C32H40N2O3/c1-23(2)20-25-12-14-27(15-13-25)24(3)32(35)33-28-16-18-34(19-17-28)22-26-8-7-9-29(21-26)37-31-11-6-5-10-30(31)36-4/h5-15,21,23-24,28H,16-20,22H2,1-4H3,(H,33,35). The zero-order valence-electron chi connectivity index (χ0n) is 22.6. The smallest absolute Gasteiger partial charge is 0.227 e. The molecule has 1 heterocycles. The van der Waals surface area contributed by atoms with Crippen molar-refractivity contribution >= 4 is 5.91 Å². The van der Waals surface area contributed by atoms with Gasteiger partial charge in [0.2, 0.25) is 5.91 Å². The average molecular weight is 501 g/mol. The fourth-order valence-electron chi connectivity index (χ4n) is 4.92. The Kier molecular flexibility index (Phi) is 9.24. The highest BCUT2D eigenvalue weighted by Gasteiger charge is 2.23. The number of carbonyl (C=O) groups is 1. The van der Waals surface area contributed by atoms with Crippen molar-refractivity contribution in [3.05, 3.63) is 89.5 Å². The van der Waals surface area contributed by atoms with Crippen molar-refractivity contribution in [3.8, 4) is 17.2 Å². The Labute approximate surface area is 221 Å². The number of para-hydroxylation sites is 2. The third-order valence-corrected chi connectivity index (χ3v) is 7.05. The van der Waals surface area contributed by atoms with E-state index in [1.807, 2.05) is 43.3 Å². The SMILES string of the molecule is COc1ccccc1Oc1cccc(CN2CCC(NC(=O)C(C)c3ccc(CC(C)C)cc3)CC2)c1. The number of benzene rings is 3. The van der Waals surface area contributed by atoms with E-state index in [1.165, 1.54) is 11.1 Å². The largest absolute Gasteiger partial charge is 0.493 e. The van der Waals surface area contributed by atoms with Crippen LogP contribution in [0.5, 0.6) is 17.2 Å². The third kappa shape index (κ3) is 7.59. The first-order valence-electron chi connectivity index (χ1n) is 13.4. The average Bonchev–Trinajstić information content (AvgIpc) is 2.90. The van der Waals surface area contributed by atoms with Gasteiger partial charge < -0.3 is 14.8 Å². The Morgan fingerprint density at radius 1 is 0.919 bits per heavy atom. The van der Waals surface area contributed by atoms with Gasteiger partial charge in [-0.05, 0) is 73.1 Å². The number of likely N-dealkylation sites (tertiary alicyclic amines) is 1. The Hall–Kier alpha value is -3.31. The monoisotopic (exact) mass is 500 g/mol. The van der Waals surface area contributed by atoms with E-state index in [1.54, 1.807) is 7.11 Å². The second-order valence-electron chi connectivity index (χ2n) is 10.5. The summed E-state index contributed by atoms with van der Waals surface area (Å²) in [6.07, 6.45) is 2.99. The maximum Gasteiger partial charge on any atom is 0.227 e. The molecule has 5 nitrogen and oxygen atoms in total. The molecule has 3 aromatic rings. The number of hydrogen-bond acceptors (Lipinski definition) is 4. The van der Waals surface area contributed by atoms with E-state index in [2.05, 4.69) is 60.5 Å². The molecule has 196 valence electrons. The number of hydrogen-bond donors (Lipinski definition) is 1. The molecule has 37 heavy (non-hydrogen) atoms. The first kappa shape index (κ1) is 26.7. The van der Waals surface area contributed by atoms with Crippen molar-refractivity contribution in [1.82, 2.24) is 10.2 Å². The van der Waals surface area contributed by atoms with Crippen LogP contribution in [0.15, 0.2) is 72.8 Å². The molecular weight excluding hydrogens is 460 g/mol. The van der Waals surface area contributed by atoms with Crippen molar-refractivity contribution in [1.29, 1.82) is 0 Å². The van der Waals surface area contributed by atoms with Gasteiger partial charge in [-0.3, -0.25) is 9.69 Å². The van der Waals surface area contributed by atoms with Crippen molar-refractivity contribution in [2.75, 3.05) is 20.2 Å². The molecule has 0 aliphatic carbocycles. The van der Waals surface area contributed by atoms with Crippen molar-refractivity contribution < 1.29 is 14.3 Å². The maximum absolute atomic E-state index is 12.9. The summed E-state index contributed by atoms with van der Waals surface area (Å²) in [6, 6.07) is 24.7. The lowest BCUT2D eigenvalue weighted by atomic mass is 9.95. The first-order valence-corrected chi connectivity index (χ1v) is 13.4. The normalized spacial score (nSPS) is 15.4. The highest BCUT2D eigenvalue weighted by molar-refractivity contribution is 5.83. The molecule has 0 saturated carbocycles. The van der Waals surface area contributed by atoms with Crippen molar-refractivity contribution in [2.24, 2.45) is 5.92 Å². The van der Waals surface area contributed by atoms with Gasteiger partial charge in [0.05, 0.1) is 13.0 Å². The quantitative estimate of drug-likeness (QED) is 0.342. The predicted molar refractivity (Wildman–Crippen MR) is 149 cm³/mol. The van der Waals surface area contributed by atoms with Crippen LogP contribution in [0.25, 0.3) is 0 Å². The first-order chi connectivity index (χ1) is 17.9. The van der Waals surface area contributed by atoms with Crippen LogP contribution in [0.3, 0.4) is 0 Å². The second kappa shape index (κ2) is 12.8. The van der Waals surface area contributed by atoms with Gasteiger partial charge in [-0.25, -0.2) is 0 Å². The van der Waals surface area contributed by atoms with Crippen molar-refractivity contribution in [3.63, 3.8) is 0 Å². The van der Waals surface area contributed by atoms with E-state index in [4.69, 9.17) is 9.47 Å². The number of ether oxygens (including phenoxy) is 2. The van der Waals surface area contributed by atoms with Crippen molar-refractivity contribution in [2.45, 2.75) is 58.5 Å². The van der Waals surface area contributed by atoms with Gasteiger partial charge in [0, 0.05) is 25.7 Å². The molecule has 5 heteroatoms. The number of methoxy groups -OCH3 is 1. The van der Waals surface area contributed by atoms with Gasteiger partial charge in [-0.2, -0.15) is 0 Å². The summed E-state index contributed by atoms with van der Waals surface area (Å²) in [5, 5.41) is 3.30.